The van der Waals surface area contributed by atoms with Gasteiger partial charge in [0.2, 0.25) is 17.5 Å². The predicted molar refractivity (Wildman–Crippen MR) is 373 cm³/mol. The SMILES string of the molecule is CC(=O)[C@@H](C)N[O-].CC1[C@@H](CO)O[C@@H](n2cnc(C(N)=O)n2)[C@H]1C.COC(=O)[C@H](C)NP(=O)(OC[C@H]1O[C@@H](n2cnc(C(N)=O)n2)[C@@H](C)C1C)Oc1ccccc1.COC(=O)[C@H](C)NP(=O)(OC[C@H]1O[C@@H](n2cnc(C(N)=O)n2)[C@@H](O)C1O)Oc1ccccc1.O=[P+](Oc1ccccc1)Oc1ccccc1.[H-]. The number of nitrogens with zero attached hydrogens (tertiary/aromatic N) is 9. The van der Waals surface area contributed by atoms with Crippen molar-refractivity contribution >= 4 is 59.2 Å². The van der Waals surface area contributed by atoms with Crippen LogP contribution in [-0.4, -0.2) is 178 Å². The molecule has 0 spiro atoms. The van der Waals surface area contributed by atoms with Crippen LogP contribution in [0.25, 0.3) is 0 Å². The van der Waals surface area contributed by atoms with E-state index in [1.54, 1.807) is 103 Å². The van der Waals surface area contributed by atoms with Crippen LogP contribution in [0.1, 0.15) is 107 Å². The van der Waals surface area contributed by atoms with Crippen LogP contribution in [0.3, 0.4) is 0 Å². The number of carbonyl (C=O) groups excluding carboxylic acids is 6. The minimum Gasteiger partial charge on any atom is -1.00 e. The molecule has 0 saturated carbocycles. The van der Waals surface area contributed by atoms with E-state index >= 15 is 0 Å². The molecule has 0 bridgehead atoms. The lowest BCUT2D eigenvalue weighted by atomic mass is 9.93. The van der Waals surface area contributed by atoms with E-state index in [2.05, 4.69) is 45.2 Å². The van der Waals surface area contributed by atoms with Crippen LogP contribution in [0, 0.1) is 28.9 Å². The van der Waals surface area contributed by atoms with Crippen LogP contribution < -0.4 is 51.0 Å². The first-order chi connectivity index (χ1) is 50.3. The molecule has 4 aromatic carbocycles. The van der Waals surface area contributed by atoms with Crippen molar-refractivity contribution in [1.82, 2.24) is 59.9 Å². The number of carbonyl (C=O) groups is 6. The minimum atomic E-state index is -4.18. The molecule has 0 aliphatic carbocycles. The molecule has 12 N–H and O–H groups in total. The molecule has 3 aromatic heterocycles. The van der Waals surface area contributed by atoms with E-state index in [1.807, 2.05) is 39.8 Å². The Morgan fingerprint density at radius 1 is 0.538 bits per heavy atom. The van der Waals surface area contributed by atoms with Gasteiger partial charge in [-0.05, 0) is 88.1 Å². The molecular weight excluding hydrogens is 1460 g/mol. The van der Waals surface area contributed by atoms with Crippen LogP contribution in [0.2, 0.25) is 0 Å². The molecule has 17 atom stereocenters. The van der Waals surface area contributed by atoms with E-state index in [4.69, 9.17) is 68.4 Å². The largest absolute Gasteiger partial charge is 1.00 e. The Bertz CT molecular complexity index is 3870. The van der Waals surface area contributed by atoms with Gasteiger partial charge in [-0.3, -0.25) is 37.8 Å². The maximum Gasteiger partial charge on any atom is 0.805 e. The van der Waals surface area contributed by atoms with Crippen molar-refractivity contribution in [3.8, 4) is 23.0 Å². The lowest BCUT2D eigenvalue weighted by Gasteiger charge is -2.24. The quantitative estimate of drug-likeness (QED) is 0.0173. The number of hydroxylamine groups is 1. The summed E-state index contributed by atoms with van der Waals surface area (Å²) in [6, 6.07) is 31.8. The number of aliphatic hydroxyl groups is 3. The van der Waals surface area contributed by atoms with Gasteiger partial charge in [0.05, 0.1) is 52.3 Å². The molecule has 0 radical (unpaired) electrons. The molecular formula is C64H87N15O24P3-. The van der Waals surface area contributed by atoms with E-state index in [0.717, 1.165) is 11.0 Å². The normalized spacial score (nSPS) is 23.3. The highest BCUT2D eigenvalue weighted by Crippen LogP contribution is 2.49. The summed E-state index contributed by atoms with van der Waals surface area (Å²) >= 11 is 0. The molecule has 578 valence electrons. The van der Waals surface area contributed by atoms with Gasteiger partial charge in [0.15, 0.2) is 30.2 Å². The molecule has 7 aromatic rings. The van der Waals surface area contributed by atoms with Crippen LogP contribution in [0.4, 0.5) is 0 Å². The molecule has 10 rings (SSSR count). The molecule has 3 fully saturated rings. The third kappa shape index (κ3) is 25.1. The van der Waals surface area contributed by atoms with E-state index in [1.165, 1.54) is 76.1 Å². The molecule has 3 aliphatic rings. The number of nitrogens with two attached hydrogens (primary N) is 3. The monoisotopic (exact) mass is 1540 g/mol. The number of benzene rings is 4. The number of para-hydroxylation sites is 4. The fourth-order valence-electron chi connectivity index (χ4n) is 9.61. The molecule has 106 heavy (non-hydrogen) atoms. The van der Waals surface area contributed by atoms with Crippen LogP contribution in [-0.2, 0) is 60.8 Å². The van der Waals surface area contributed by atoms with Crippen LogP contribution in [0.15, 0.2) is 140 Å². The van der Waals surface area contributed by atoms with Gasteiger partial charge in [-0.1, -0.05) is 100 Å². The highest BCUT2D eigenvalue weighted by Gasteiger charge is 2.47. The summed E-state index contributed by atoms with van der Waals surface area (Å²) in [5, 5.41) is 56.4. The molecule has 3 aliphatic heterocycles. The first-order valence-electron chi connectivity index (χ1n) is 32.4. The van der Waals surface area contributed by atoms with Crippen molar-refractivity contribution in [1.29, 1.82) is 0 Å². The number of aliphatic hydroxyl groups excluding tert-OH is 3. The highest BCUT2D eigenvalue weighted by atomic mass is 31.2. The lowest BCUT2D eigenvalue weighted by molar-refractivity contribution is -0.143. The Balaban J connectivity index is 0.000000258. The van der Waals surface area contributed by atoms with E-state index in [-0.39, 0.29) is 79.6 Å². The number of rotatable bonds is 29. The van der Waals surface area contributed by atoms with E-state index in [0.29, 0.717) is 17.2 Å². The summed E-state index contributed by atoms with van der Waals surface area (Å²) in [6.07, 6.45) is -2.96. The number of primary amides is 3. The number of ether oxygens (including phenoxy) is 5. The zero-order valence-electron chi connectivity index (χ0n) is 60.1. The number of hydrogen-bond acceptors (Lipinski definition) is 31. The zero-order chi connectivity index (χ0) is 78.0. The van der Waals surface area contributed by atoms with Crippen molar-refractivity contribution in [2.75, 3.05) is 34.0 Å². The topological polar surface area (TPSA) is 545 Å². The second-order valence-electron chi connectivity index (χ2n) is 23.7. The van der Waals surface area contributed by atoms with Gasteiger partial charge in [0.25, 0.3) is 17.7 Å². The summed E-state index contributed by atoms with van der Waals surface area (Å²) in [5.41, 5.74) is 17.0. The first kappa shape index (κ1) is 85.5. The molecule has 3 saturated heterocycles. The van der Waals surface area contributed by atoms with E-state index in [9.17, 15) is 57.9 Å². The summed E-state index contributed by atoms with van der Waals surface area (Å²) in [7, 11) is -7.96. The maximum atomic E-state index is 13.5. The zero-order valence-corrected chi connectivity index (χ0v) is 61.8. The van der Waals surface area contributed by atoms with Gasteiger partial charge in [-0.15, -0.1) is 15.3 Å². The first-order valence-corrected chi connectivity index (χ1v) is 36.6. The average molecular weight is 1540 g/mol. The van der Waals surface area contributed by atoms with Crippen molar-refractivity contribution in [2.45, 2.75) is 123 Å². The van der Waals surface area contributed by atoms with Crippen LogP contribution >= 0.6 is 23.7 Å². The van der Waals surface area contributed by atoms with E-state index < -0.39 is 115 Å². The second-order valence-corrected chi connectivity index (χ2v) is 27.9. The summed E-state index contributed by atoms with van der Waals surface area (Å²) < 4.78 is 101. The molecule has 3 amide bonds. The fourth-order valence-corrected chi connectivity index (χ4v) is 13.2. The Hall–Kier alpha value is -9.40. The second kappa shape index (κ2) is 40.9. The number of aromatic nitrogens is 9. The Labute approximate surface area is 610 Å². The molecule has 6 heterocycles. The summed E-state index contributed by atoms with van der Waals surface area (Å²) in [4.78, 5) is 78.5. The number of Topliss-reactive ketones (excluding diaryl/α,β-unsaturated/α-hetero) is 1. The van der Waals surface area contributed by atoms with Gasteiger partial charge in [-0.2, -0.15) is 10.2 Å². The Kier molecular flexibility index (Phi) is 33.0. The third-order valence-electron chi connectivity index (χ3n) is 16.0. The average Bonchev–Trinajstić information content (AvgIpc) is 1.63. The molecule has 39 nitrogen and oxygen atoms in total. The van der Waals surface area contributed by atoms with Gasteiger partial charge >= 0.3 is 35.7 Å². The van der Waals surface area contributed by atoms with Gasteiger partial charge in [0, 0.05) is 16.4 Å². The van der Waals surface area contributed by atoms with Crippen molar-refractivity contribution in [3.05, 3.63) is 163 Å². The standard InChI is InChI=1S/C20H28N5O7P.C18H24N5O9P.C12H10O3P.C10H16N4O3.C4H8NO2.H/c1-12-13(2)19(25-11-22-18(23-25)17(21)26)31-16(12)10-30-33(28,24-14(3)20(27)29-4)32-15-8-6-5-7-9-15;1-10(18(27)29-2)22-33(28,32-11-6-4-3-5-7-11)30-8-12-13(24)14(25)17(31-12)23-9-20-16(21-23)15(19)26;13-16(14-11-7-3-1-4-8-11)15-12-9-5-2-6-10-12;1-5-6(2)10(17-7(5)3-15)14-4-12-9(13-14)8(11)16;1-3(5-7)4(2)6;/h5-9,11-14,16,19H,10H2,1-4H3,(H2,21,26)(H,24,28);3-7,9-10,12-14,17,24-25H,8H2,1-2H3,(H2,19,26)(H,22,28);1-10H;4-7,10,15H,3H2,1-2H3,(H2,11,16);3,5H,1-2H3;/q;;+1;;2*-1/t12?,13-,14-,16+,19+,33?;10-,12+,13?,14-,17+,33?;;5?,6-,7+,10+;3-;/m00.01./s1. The smallest absolute Gasteiger partial charge is 0.805 e. The van der Waals surface area contributed by atoms with Crippen molar-refractivity contribution in [2.24, 2.45) is 40.9 Å². The van der Waals surface area contributed by atoms with Crippen LogP contribution in [0.5, 0.6) is 23.0 Å². The van der Waals surface area contributed by atoms with Crippen molar-refractivity contribution < 1.29 is 110 Å². The molecule has 5 unspecified atom stereocenters. The van der Waals surface area contributed by atoms with Gasteiger partial charge in [0.1, 0.15) is 66.7 Å². The summed E-state index contributed by atoms with van der Waals surface area (Å²) in [6.45, 7) is 13.1. The minimum absolute atomic E-state index is 0. The maximum absolute atomic E-state index is 13.5. The number of amides is 3. The number of nitrogens with one attached hydrogen (secondary N) is 3. The fraction of sp³-hybridized carbons (Fsp3) is 0.438. The highest BCUT2D eigenvalue weighted by molar-refractivity contribution is 7.52. The number of ketones is 1. The number of methoxy groups -OCH3 is 2. The number of hydrogen-bond donors (Lipinski definition) is 9. The van der Waals surface area contributed by atoms with Gasteiger partial charge in [-0.25, -0.2) is 47.2 Å². The Morgan fingerprint density at radius 3 is 1.18 bits per heavy atom. The summed E-state index contributed by atoms with van der Waals surface area (Å²) in [5.74, 6) is -2.30. The Morgan fingerprint density at radius 2 is 0.868 bits per heavy atom. The van der Waals surface area contributed by atoms with Gasteiger partial charge < -0.3 is 77.4 Å². The number of esters is 2. The third-order valence-corrected chi connectivity index (χ3v) is 20.1. The van der Waals surface area contributed by atoms with Crippen molar-refractivity contribution in [3.63, 3.8) is 0 Å². The lowest BCUT2D eigenvalue weighted by Crippen LogP contribution is -2.37. The predicted octanol–water partition coefficient (Wildman–Crippen LogP) is 4.76. The molecule has 42 heteroatoms.